The first-order valence-corrected chi connectivity index (χ1v) is 5.39. The summed E-state index contributed by atoms with van der Waals surface area (Å²) in [6, 6.07) is 3.70. The van der Waals surface area contributed by atoms with E-state index in [-0.39, 0.29) is 22.9 Å². The van der Waals surface area contributed by atoms with E-state index in [0.717, 1.165) is 6.07 Å². The average molecular weight is 272 g/mol. The van der Waals surface area contributed by atoms with E-state index in [2.05, 4.69) is 10.6 Å². The molecule has 8 heteroatoms. The number of nitrogens with one attached hydrogen (secondary N) is 2. The lowest BCUT2D eigenvalue weighted by atomic mass is 10.2. The summed E-state index contributed by atoms with van der Waals surface area (Å²) in [5, 5.41) is 15.4. The molecule has 1 aromatic carbocycles. The molecule has 96 valence electrons. The molecule has 0 heterocycles. The van der Waals surface area contributed by atoms with Crippen LogP contribution >= 0.6 is 11.6 Å². The van der Waals surface area contributed by atoms with Gasteiger partial charge >= 0.3 is 0 Å². The van der Waals surface area contributed by atoms with Crippen molar-refractivity contribution in [3.05, 3.63) is 28.3 Å². The fourth-order valence-corrected chi connectivity index (χ4v) is 1.30. The third-order valence-electron chi connectivity index (χ3n) is 1.92. The molecule has 0 aromatic heterocycles. The number of rotatable bonds is 4. The molecule has 1 rings (SSSR count). The number of hydrogen-bond donors (Lipinski definition) is 2. The summed E-state index contributed by atoms with van der Waals surface area (Å²) in [4.78, 5) is 32.1. The van der Waals surface area contributed by atoms with Gasteiger partial charge in [0.1, 0.15) is 5.88 Å². The number of anilines is 2. The predicted octanol–water partition coefficient (Wildman–Crippen LogP) is 1.73. The smallest absolute Gasteiger partial charge is 0.271 e. The van der Waals surface area contributed by atoms with Crippen molar-refractivity contribution in [1.82, 2.24) is 0 Å². The zero-order chi connectivity index (χ0) is 13.7. The normalized spacial score (nSPS) is 9.67. The van der Waals surface area contributed by atoms with Gasteiger partial charge in [-0.2, -0.15) is 0 Å². The van der Waals surface area contributed by atoms with Gasteiger partial charge < -0.3 is 10.6 Å². The van der Waals surface area contributed by atoms with E-state index in [0.29, 0.717) is 0 Å². The third-order valence-corrected chi connectivity index (χ3v) is 2.16. The monoisotopic (exact) mass is 271 g/mol. The topological polar surface area (TPSA) is 101 Å². The summed E-state index contributed by atoms with van der Waals surface area (Å²) >= 11 is 5.33. The first-order chi connectivity index (χ1) is 8.43. The molecule has 1 aromatic rings. The molecular formula is C10H10ClN3O4. The van der Waals surface area contributed by atoms with Crippen molar-refractivity contribution in [2.45, 2.75) is 6.92 Å². The number of nitrogens with zero attached hydrogens (tertiary/aromatic N) is 1. The Hall–Kier alpha value is -2.15. The van der Waals surface area contributed by atoms with Gasteiger partial charge in [-0.25, -0.2) is 0 Å². The summed E-state index contributed by atoms with van der Waals surface area (Å²) in [5.41, 5.74) is 0.208. The number of halogens is 1. The first-order valence-electron chi connectivity index (χ1n) is 4.86. The van der Waals surface area contributed by atoms with Gasteiger partial charge in [-0.15, -0.1) is 11.6 Å². The van der Waals surface area contributed by atoms with Crippen molar-refractivity contribution in [2.24, 2.45) is 0 Å². The highest BCUT2D eigenvalue weighted by atomic mass is 35.5. The summed E-state index contributed by atoms with van der Waals surface area (Å²) in [5.74, 6) is -1.13. The number of non-ortho nitro benzene ring substituents is 1. The van der Waals surface area contributed by atoms with E-state index >= 15 is 0 Å². The number of nitro benzene ring substituents is 1. The summed E-state index contributed by atoms with van der Waals surface area (Å²) in [6.45, 7) is 1.26. The molecule has 2 N–H and O–H groups in total. The van der Waals surface area contributed by atoms with Crippen LogP contribution in [0.4, 0.5) is 17.1 Å². The van der Waals surface area contributed by atoms with Gasteiger partial charge in [0.25, 0.3) is 5.69 Å². The van der Waals surface area contributed by atoms with E-state index < -0.39 is 16.7 Å². The maximum atomic E-state index is 11.1. The van der Waals surface area contributed by atoms with Crippen LogP contribution in [0.3, 0.4) is 0 Å². The van der Waals surface area contributed by atoms with Crippen molar-refractivity contribution < 1.29 is 14.5 Å². The molecule has 7 nitrogen and oxygen atoms in total. The fourth-order valence-electron chi connectivity index (χ4n) is 1.23. The number of hydrogen-bond acceptors (Lipinski definition) is 4. The number of alkyl halides is 1. The molecule has 0 bridgehead atoms. The quantitative estimate of drug-likeness (QED) is 0.494. The predicted molar refractivity (Wildman–Crippen MR) is 66.7 cm³/mol. The maximum absolute atomic E-state index is 11.1. The van der Waals surface area contributed by atoms with Gasteiger partial charge in [0.05, 0.1) is 16.3 Å². The Morgan fingerprint density at radius 1 is 1.33 bits per heavy atom. The van der Waals surface area contributed by atoms with E-state index in [4.69, 9.17) is 11.6 Å². The number of carbonyl (C=O) groups excluding carboxylic acids is 2. The van der Waals surface area contributed by atoms with Gasteiger partial charge in [0.15, 0.2) is 0 Å². The fraction of sp³-hybridized carbons (Fsp3) is 0.200. The lowest BCUT2D eigenvalue weighted by Crippen LogP contribution is -2.15. The van der Waals surface area contributed by atoms with Gasteiger partial charge in [-0.3, -0.25) is 19.7 Å². The van der Waals surface area contributed by atoms with E-state index in [9.17, 15) is 19.7 Å². The minimum absolute atomic E-state index is 0.148. The highest BCUT2D eigenvalue weighted by molar-refractivity contribution is 6.29. The van der Waals surface area contributed by atoms with Crippen molar-refractivity contribution in [1.29, 1.82) is 0 Å². The van der Waals surface area contributed by atoms with Crippen LogP contribution in [-0.4, -0.2) is 22.6 Å². The minimum atomic E-state index is -0.599. The molecule has 0 aliphatic rings. The second-order valence-electron chi connectivity index (χ2n) is 3.35. The van der Waals surface area contributed by atoms with Gasteiger partial charge in [0.2, 0.25) is 11.8 Å². The Labute approximate surface area is 107 Å². The van der Waals surface area contributed by atoms with Crippen LogP contribution in [0.1, 0.15) is 6.92 Å². The van der Waals surface area contributed by atoms with E-state index in [1.54, 1.807) is 0 Å². The van der Waals surface area contributed by atoms with Crippen LogP contribution in [-0.2, 0) is 9.59 Å². The molecule has 0 aliphatic heterocycles. The van der Waals surface area contributed by atoms with E-state index in [1.807, 2.05) is 0 Å². The molecule has 0 spiro atoms. The van der Waals surface area contributed by atoms with Crippen LogP contribution in [0.2, 0.25) is 0 Å². The first kappa shape index (κ1) is 13.9. The SMILES string of the molecule is CC(=O)Nc1cc([N+](=O)[O-])ccc1NC(=O)CCl. The van der Waals surface area contributed by atoms with Crippen molar-refractivity contribution in [3.8, 4) is 0 Å². The average Bonchev–Trinajstić information content (AvgIpc) is 2.30. The van der Waals surface area contributed by atoms with Crippen LogP contribution in [0, 0.1) is 10.1 Å². The summed E-state index contributed by atoms with van der Waals surface area (Å²) < 4.78 is 0. The maximum Gasteiger partial charge on any atom is 0.271 e. The third kappa shape index (κ3) is 3.70. The number of benzene rings is 1. The zero-order valence-electron chi connectivity index (χ0n) is 9.40. The summed E-state index contributed by atoms with van der Waals surface area (Å²) in [6.07, 6.45) is 0. The highest BCUT2D eigenvalue weighted by Crippen LogP contribution is 2.27. The molecule has 0 fully saturated rings. The lowest BCUT2D eigenvalue weighted by molar-refractivity contribution is -0.384. The molecule has 0 atom stereocenters. The molecule has 18 heavy (non-hydrogen) atoms. The molecule has 0 aliphatic carbocycles. The van der Waals surface area contributed by atoms with Crippen LogP contribution in [0.25, 0.3) is 0 Å². The molecule has 0 unspecified atom stereocenters. The largest absolute Gasteiger partial charge is 0.324 e. The van der Waals surface area contributed by atoms with Gasteiger partial charge in [0, 0.05) is 19.1 Å². The van der Waals surface area contributed by atoms with Crippen LogP contribution in [0.5, 0.6) is 0 Å². The van der Waals surface area contributed by atoms with Crippen LogP contribution in [0.15, 0.2) is 18.2 Å². The second kappa shape index (κ2) is 5.97. The standard InChI is InChI=1S/C10H10ClN3O4/c1-6(15)12-9-4-7(14(17)18)2-3-8(9)13-10(16)5-11/h2-4H,5H2,1H3,(H,12,15)(H,13,16). The van der Waals surface area contributed by atoms with Gasteiger partial charge in [-0.1, -0.05) is 0 Å². The Kier molecular flexibility index (Phi) is 4.61. The minimum Gasteiger partial charge on any atom is -0.324 e. The lowest BCUT2D eigenvalue weighted by Gasteiger charge is -2.10. The Morgan fingerprint density at radius 3 is 2.50 bits per heavy atom. The van der Waals surface area contributed by atoms with E-state index in [1.165, 1.54) is 19.1 Å². The Morgan fingerprint density at radius 2 is 2.00 bits per heavy atom. The zero-order valence-corrected chi connectivity index (χ0v) is 10.2. The number of nitro groups is 1. The molecule has 2 amide bonds. The molecular weight excluding hydrogens is 262 g/mol. The number of carbonyl (C=O) groups is 2. The molecule has 0 radical (unpaired) electrons. The molecule has 0 saturated heterocycles. The van der Waals surface area contributed by atoms with Crippen molar-refractivity contribution in [2.75, 3.05) is 16.5 Å². The Balaban J connectivity index is 3.11. The van der Waals surface area contributed by atoms with Crippen LogP contribution < -0.4 is 10.6 Å². The molecule has 0 saturated carbocycles. The van der Waals surface area contributed by atoms with Crippen molar-refractivity contribution >= 4 is 40.5 Å². The highest BCUT2D eigenvalue weighted by Gasteiger charge is 2.13. The van der Waals surface area contributed by atoms with Gasteiger partial charge in [-0.05, 0) is 6.07 Å². The Bertz CT molecular complexity index is 504. The summed E-state index contributed by atoms with van der Waals surface area (Å²) in [7, 11) is 0. The number of amides is 2. The second-order valence-corrected chi connectivity index (χ2v) is 3.62. The van der Waals surface area contributed by atoms with Crippen molar-refractivity contribution in [3.63, 3.8) is 0 Å².